The van der Waals surface area contributed by atoms with Crippen molar-refractivity contribution in [2.45, 2.75) is 30.1 Å². The Hall–Kier alpha value is -3.51. The lowest BCUT2D eigenvalue weighted by Crippen LogP contribution is -2.33. The second-order valence-electron chi connectivity index (χ2n) is 7.28. The van der Waals surface area contributed by atoms with Crippen molar-refractivity contribution in [3.63, 3.8) is 0 Å². The smallest absolute Gasteiger partial charge is 0.461 e. The molecule has 35 heavy (non-hydrogen) atoms. The molecular weight excluding hydrogens is 490 g/mol. The third-order valence-electron chi connectivity index (χ3n) is 4.78. The summed E-state index contributed by atoms with van der Waals surface area (Å²) in [5, 5.41) is 0.0583. The highest BCUT2D eigenvalue weighted by atomic mass is 32.2. The molecule has 0 radical (unpaired) electrons. The summed E-state index contributed by atoms with van der Waals surface area (Å²) < 4.78 is 79.1. The van der Waals surface area contributed by atoms with Crippen molar-refractivity contribution >= 4 is 22.2 Å². The van der Waals surface area contributed by atoms with Gasteiger partial charge in [-0.25, -0.2) is 0 Å². The van der Waals surface area contributed by atoms with E-state index in [9.17, 15) is 22.1 Å². The van der Waals surface area contributed by atoms with E-state index in [2.05, 4.69) is 19.7 Å². The van der Waals surface area contributed by atoms with Crippen LogP contribution in [0.3, 0.4) is 0 Å². The van der Waals surface area contributed by atoms with Crippen molar-refractivity contribution in [1.29, 1.82) is 0 Å². The minimum atomic E-state index is -4.64. The van der Waals surface area contributed by atoms with Gasteiger partial charge in [-0.3, -0.25) is 9.97 Å². The van der Waals surface area contributed by atoms with Crippen LogP contribution in [0.5, 0.6) is 17.2 Å². The van der Waals surface area contributed by atoms with Crippen molar-refractivity contribution in [3.05, 3.63) is 72.1 Å². The van der Waals surface area contributed by atoms with Crippen LogP contribution in [0, 0.1) is 0 Å². The van der Waals surface area contributed by atoms with Gasteiger partial charge in [-0.2, -0.15) is 22.5 Å². The lowest BCUT2D eigenvalue weighted by molar-refractivity contribution is -0.253. The fraction of sp³-hybridized carbons (Fsp3) is 0.217. The first kappa shape index (κ1) is 24.6. The number of aromatic nitrogens is 3. The maximum Gasteiger partial charge on any atom is 0.461 e. The number of imidazole rings is 1. The van der Waals surface area contributed by atoms with E-state index in [1.54, 1.807) is 6.07 Å². The molecule has 2 heterocycles. The minimum absolute atomic E-state index is 0.0258. The number of H-pyrrole nitrogens is 1. The third kappa shape index (κ3) is 5.95. The first-order chi connectivity index (χ1) is 16.7. The Morgan fingerprint density at radius 3 is 2.57 bits per heavy atom. The summed E-state index contributed by atoms with van der Waals surface area (Å²) in [4.78, 5) is 11.2. The van der Waals surface area contributed by atoms with Crippen LogP contribution in [0.1, 0.15) is 11.3 Å². The van der Waals surface area contributed by atoms with E-state index < -0.39 is 29.5 Å². The van der Waals surface area contributed by atoms with Crippen LogP contribution in [0.15, 0.2) is 66.0 Å². The predicted molar refractivity (Wildman–Crippen MR) is 119 cm³/mol. The number of ether oxygens (including phenoxy) is 3. The summed E-state index contributed by atoms with van der Waals surface area (Å²) in [7, 11) is 1.47. The van der Waals surface area contributed by atoms with Gasteiger partial charge in [0.25, 0.3) is 0 Å². The van der Waals surface area contributed by atoms with Gasteiger partial charge in [-0.15, -0.1) is 0 Å². The molecule has 0 aliphatic rings. The van der Waals surface area contributed by atoms with Gasteiger partial charge in [0.05, 0.1) is 30.0 Å². The number of halogens is 4. The molecule has 4 rings (SSSR count). The Kier molecular flexibility index (Phi) is 7.31. The first-order valence-corrected chi connectivity index (χ1v) is 11.5. The molecule has 0 spiro atoms. The quantitative estimate of drug-likeness (QED) is 0.237. The van der Waals surface area contributed by atoms with Crippen molar-refractivity contribution in [3.8, 4) is 17.2 Å². The molecule has 0 saturated heterocycles. The van der Waals surface area contributed by atoms with Gasteiger partial charge in [0.2, 0.25) is 0 Å². The van der Waals surface area contributed by atoms with E-state index in [0.29, 0.717) is 29.3 Å². The Morgan fingerprint density at radius 1 is 1.09 bits per heavy atom. The number of rotatable bonds is 10. The van der Waals surface area contributed by atoms with Gasteiger partial charge in [0.1, 0.15) is 12.4 Å². The summed E-state index contributed by atoms with van der Waals surface area (Å²) in [6.45, 7) is 0.318. The molecule has 2 aromatic carbocycles. The summed E-state index contributed by atoms with van der Waals surface area (Å²) in [6, 6.07) is 14.6. The average molecular weight is 509 g/mol. The van der Waals surface area contributed by atoms with E-state index in [0.717, 1.165) is 17.7 Å². The minimum Gasteiger partial charge on any atom is -0.609 e. The van der Waals surface area contributed by atoms with Gasteiger partial charge in [-0.05, 0) is 17.7 Å². The third-order valence-corrected chi connectivity index (χ3v) is 5.96. The molecule has 0 amide bonds. The van der Waals surface area contributed by atoms with Crippen LogP contribution in [0.25, 0.3) is 11.0 Å². The summed E-state index contributed by atoms with van der Waals surface area (Å²) in [6.07, 6.45) is -7.16. The normalized spacial score (nSPS) is 12.7. The van der Waals surface area contributed by atoms with E-state index in [1.807, 2.05) is 30.3 Å². The van der Waals surface area contributed by atoms with Crippen LogP contribution in [0.2, 0.25) is 0 Å². The lowest BCUT2D eigenvalue weighted by atomic mass is 10.2. The molecule has 0 saturated carbocycles. The molecule has 12 heteroatoms. The van der Waals surface area contributed by atoms with Crippen molar-refractivity contribution < 1.29 is 36.3 Å². The monoisotopic (exact) mass is 509 g/mol. The molecule has 184 valence electrons. The zero-order valence-electron chi connectivity index (χ0n) is 18.2. The zero-order valence-corrected chi connectivity index (χ0v) is 19.0. The maximum atomic E-state index is 13.2. The molecule has 2 aromatic heterocycles. The largest absolute Gasteiger partial charge is 0.609 e. The number of fused-ring (bicyclic) bond motifs is 1. The van der Waals surface area contributed by atoms with Gasteiger partial charge >= 0.3 is 17.7 Å². The second-order valence-corrected chi connectivity index (χ2v) is 8.64. The molecule has 0 fully saturated rings. The number of nitrogens with zero attached hydrogens (tertiary/aromatic N) is 2. The Morgan fingerprint density at radius 2 is 1.86 bits per heavy atom. The standard InChI is InChI=1S/C23H19F4N3O4S/c1-32-19-9-15(28-11-20(19)33-12-14-5-3-2-4-6-14)13-35(31)22-29-17-8-7-16(10-18(17)30-22)34-23(26,27)21(24)25/h2-11,21H,12-13H2,1H3,(H,29,30). The molecule has 1 unspecified atom stereocenters. The number of hydrogen-bond donors (Lipinski definition) is 1. The molecule has 0 bridgehead atoms. The van der Waals surface area contributed by atoms with Crippen LogP contribution in [-0.4, -0.2) is 39.1 Å². The number of pyridine rings is 1. The fourth-order valence-corrected chi connectivity index (χ4v) is 4.07. The molecule has 1 atom stereocenters. The summed E-state index contributed by atoms with van der Waals surface area (Å²) in [5.74, 6) is 0.309. The molecule has 0 aliphatic heterocycles. The van der Waals surface area contributed by atoms with Crippen LogP contribution in [-0.2, 0) is 23.5 Å². The lowest BCUT2D eigenvalue weighted by Gasteiger charge is -2.16. The molecule has 4 aromatic rings. The number of aromatic amines is 1. The Balaban J connectivity index is 1.45. The van der Waals surface area contributed by atoms with Gasteiger partial charge in [0.15, 0.2) is 17.3 Å². The van der Waals surface area contributed by atoms with Crippen molar-refractivity contribution in [1.82, 2.24) is 15.0 Å². The number of methoxy groups -OCH3 is 1. The van der Waals surface area contributed by atoms with Crippen LogP contribution < -0.4 is 14.2 Å². The van der Waals surface area contributed by atoms with Gasteiger partial charge < -0.3 is 18.8 Å². The van der Waals surface area contributed by atoms with E-state index in [4.69, 9.17) is 9.47 Å². The fourth-order valence-electron chi connectivity index (χ4n) is 3.08. The Bertz CT molecular complexity index is 1290. The second kappa shape index (κ2) is 10.4. The molecule has 1 N–H and O–H groups in total. The van der Waals surface area contributed by atoms with E-state index >= 15 is 0 Å². The number of benzene rings is 2. The highest BCUT2D eigenvalue weighted by Gasteiger charge is 2.44. The number of nitrogens with one attached hydrogen (secondary N) is 1. The van der Waals surface area contributed by atoms with Gasteiger partial charge in [-0.1, -0.05) is 30.3 Å². The topological polar surface area (TPSA) is 92.3 Å². The number of alkyl halides is 4. The maximum absolute atomic E-state index is 13.2. The highest BCUT2D eigenvalue weighted by Crippen LogP contribution is 2.31. The summed E-state index contributed by atoms with van der Waals surface area (Å²) in [5.41, 5.74) is 1.91. The van der Waals surface area contributed by atoms with Gasteiger partial charge in [0, 0.05) is 23.3 Å². The SMILES string of the molecule is COc1cc(C[S+]([O-])c2nc3cc(OC(F)(F)C(F)F)ccc3[nH]2)ncc1OCc1ccccc1. The number of hydrogen-bond acceptors (Lipinski definition) is 6. The predicted octanol–water partition coefficient (Wildman–Crippen LogP) is 5.09. The van der Waals surface area contributed by atoms with Crippen LogP contribution in [0.4, 0.5) is 17.6 Å². The van der Waals surface area contributed by atoms with E-state index in [1.165, 1.54) is 19.4 Å². The van der Waals surface area contributed by atoms with Crippen molar-refractivity contribution in [2.75, 3.05) is 7.11 Å². The van der Waals surface area contributed by atoms with E-state index in [-0.39, 0.29) is 16.4 Å². The average Bonchev–Trinajstić information content (AvgIpc) is 3.27. The van der Waals surface area contributed by atoms with Crippen LogP contribution >= 0.6 is 0 Å². The molecule has 0 aliphatic carbocycles. The molecular formula is C23H19F4N3O4S. The van der Waals surface area contributed by atoms with Crippen molar-refractivity contribution in [2.24, 2.45) is 0 Å². The first-order valence-electron chi connectivity index (χ1n) is 10.2. The highest BCUT2D eigenvalue weighted by molar-refractivity contribution is 7.90. The molecule has 7 nitrogen and oxygen atoms in total. The summed E-state index contributed by atoms with van der Waals surface area (Å²) >= 11 is -1.68. The zero-order chi connectivity index (χ0) is 25.0. The Labute approximate surface area is 200 Å².